The summed E-state index contributed by atoms with van der Waals surface area (Å²) in [5.41, 5.74) is -0.375. The van der Waals surface area contributed by atoms with Gasteiger partial charge >= 0.3 is 5.97 Å². The molecular weight excluding hydrogens is 258 g/mol. The first kappa shape index (κ1) is 13.6. The highest BCUT2D eigenvalue weighted by molar-refractivity contribution is 5.66. The number of esters is 1. The number of nitriles is 1. The van der Waals surface area contributed by atoms with Crippen LogP contribution in [0.25, 0.3) is 0 Å². The van der Waals surface area contributed by atoms with E-state index in [1.807, 2.05) is 12.2 Å². The average molecular weight is 277 g/mol. The summed E-state index contributed by atoms with van der Waals surface area (Å²) >= 11 is 0. The second-order valence-corrected chi connectivity index (χ2v) is 5.77. The summed E-state index contributed by atoms with van der Waals surface area (Å²) in [4.78, 5) is 11.1. The van der Waals surface area contributed by atoms with E-state index in [2.05, 4.69) is 6.07 Å². The van der Waals surface area contributed by atoms with Crippen molar-refractivity contribution in [2.24, 2.45) is 0 Å². The summed E-state index contributed by atoms with van der Waals surface area (Å²) in [6.45, 7) is 1.41. The molecule has 5 heteroatoms. The summed E-state index contributed by atoms with van der Waals surface area (Å²) in [6, 6.07) is 2.17. The van der Waals surface area contributed by atoms with Crippen molar-refractivity contribution in [3.63, 3.8) is 0 Å². The van der Waals surface area contributed by atoms with Gasteiger partial charge in [-0.3, -0.25) is 4.79 Å². The van der Waals surface area contributed by atoms with Crippen molar-refractivity contribution in [2.45, 2.75) is 69.0 Å². The van der Waals surface area contributed by atoms with Gasteiger partial charge in [-0.05, 0) is 25.3 Å². The molecule has 0 radical (unpaired) electrons. The molecule has 3 aliphatic rings. The molecule has 2 aliphatic heterocycles. The monoisotopic (exact) mass is 277 g/mol. The number of carbonyl (C=O) groups excluding carboxylic acids is 1. The van der Waals surface area contributed by atoms with Crippen molar-refractivity contribution in [1.82, 2.24) is 0 Å². The van der Waals surface area contributed by atoms with Crippen molar-refractivity contribution in [1.29, 1.82) is 5.26 Å². The molecule has 2 fully saturated rings. The molecule has 5 nitrogen and oxygen atoms in total. The lowest BCUT2D eigenvalue weighted by Crippen LogP contribution is -2.47. The number of carbonyl (C=O) groups is 1. The number of fused-ring (bicyclic) bond motifs is 1. The molecule has 2 saturated heterocycles. The Morgan fingerprint density at radius 3 is 3.15 bits per heavy atom. The lowest BCUT2D eigenvalue weighted by atomic mass is 9.82. The van der Waals surface area contributed by atoms with Gasteiger partial charge in [-0.1, -0.05) is 6.08 Å². The maximum absolute atomic E-state index is 11.1. The van der Waals surface area contributed by atoms with Crippen molar-refractivity contribution >= 4 is 5.97 Å². The van der Waals surface area contributed by atoms with Gasteiger partial charge in [0.15, 0.2) is 0 Å². The van der Waals surface area contributed by atoms with Crippen LogP contribution < -0.4 is 0 Å². The standard InChI is InChI=1S/C15H19NO4/c1-10(17)18-12-6-7-15-9-13(12)19-14(15)5-4-11(20-15)3-2-8-16/h6-7,11-14H,2-5,9H2,1H3/t11?,12-,13?,14?,15+/m1/s1. The normalized spacial score (nSPS) is 41.8. The molecule has 108 valence electrons. The Kier molecular flexibility index (Phi) is 3.53. The molecule has 3 rings (SSSR count). The maximum Gasteiger partial charge on any atom is 0.303 e. The number of hydrogen-bond donors (Lipinski definition) is 0. The van der Waals surface area contributed by atoms with Crippen molar-refractivity contribution < 1.29 is 19.0 Å². The van der Waals surface area contributed by atoms with Crippen LogP contribution in [0.3, 0.4) is 0 Å². The molecule has 2 heterocycles. The predicted molar refractivity (Wildman–Crippen MR) is 69.7 cm³/mol. The third kappa shape index (κ3) is 2.34. The van der Waals surface area contributed by atoms with Crippen LogP contribution in [0.1, 0.15) is 39.0 Å². The van der Waals surface area contributed by atoms with Gasteiger partial charge in [0.05, 0.1) is 18.3 Å². The molecule has 0 aromatic heterocycles. The topological polar surface area (TPSA) is 68.5 Å². The quantitative estimate of drug-likeness (QED) is 0.582. The van der Waals surface area contributed by atoms with Crippen LogP contribution in [0.4, 0.5) is 0 Å². The molecule has 0 aromatic carbocycles. The largest absolute Gasteiger partial charge is 0.456 e. The fourth-order valence-electron chi connectivity index (χ4n) is 3.49. The van der Waals surface area contributed by atoms with Gasteiger partial charge < -0.3 is 14.2 Å². The van der Waals surface area contributed by atoms with Crippen molar-refractivity contribution in [2.75, 3.05) is 0 Å². The van der Waals surface area contributed by atoms with Gasteiger partial charge in [0.1, 0.15) is 17.8 Å². The first-order valence-corrected chi connectivity index (χ1v) is 7.20. The van der Waals surface area contributed by atoms with Gasteiger partial charge in [-0.2, -0.15) is 5.26 Å². The fraction of sp³-hybridized carbons (Fsp3) is 0.733. The minimum absolute atomic E-state index is 0.0441. The van der Waals surface area contributed by atoms with Crippen LogP contribution in [0.15, 0.2) is 12.2 Å². The van der Waals surface area contributed by atoms with E-state index in [1.54, 1.807) is 0 Å². The highest BCUT2D eigenvalue weighted by Gasteiger charge is 2.55. The molecular formula is C15H19NO4. The number of nitrogens with zero attached hydrogens (tertiary/aromatic N) is 1. The van der Waals surface area contributed by atoms with Crippen LogP contribution in [-0.2, 0) is 19.0 Å². The zero-order valence-electron chi connectivity index (χ0n) is 11.6. The zero-order chi connectivity index (χ0) is 14.2. The Balaban J connectivity index is 1.71. The molecule has 3 unspecified atom stereocenters. The zero-order valence-corrected chi connectivity index (χ0v) is 11.6. The van der Waals surface area contributed by atoms with Crippen molar-refractivity contribution in [3.8, 4) is 6.07 Å². The van der Waals surface area contributed by atoms with E-state index < -0.39 is 0 Å². The fourth-order valence-corrected chi connectivity index (χ4v) is 3.49. The molecule has 2 bridgehead atoms. The third-order valence-corrected chi connectivity index (χ3v) is 4.36. The van der Waals surface area contributed by atoms with Crippen LogP contribution in [-0.4, -0.2) is 36.0 Å². The van der Waals surface area contributed by atoms with E-state index in [4.69, 9.17) is 19.5 Å². The van der Waals surface area contributed by atoms with Gasteiger partial charge in [-0.25, -0.2) is 0 Å². The van der Waals surface area contributed by atoms with Gasteiger partial charge in [-0.15, -0.1) is 0 Å². The molecule has 0 saturated carbocycles. The minimum Gasteiger partial charge on any atom is -0.456 e. The summed E-state index contributed by atoms with van der Waals surface area (Å²) in [5.74, 6) is -0.290. The molecule has 1 spiro atoms. The third-order valence-electron chi connectivity index (χ3n) is 4.36. The van der Waals surface area contributed by atoms with Crippen LogP contribution in [0, 0.1) is 11.3 Å². The average Bonchev–Trinajstić information content (AvgIpc) is 2.72. The number of hydrogen-bond acceptors (Lipinski definition) is 5. The van der Waals surface area contributed by atoms with Gasteiger partial charge in [0.25, 0.3) is 0 Å². The van der Waals surface area contributed by atoms with E-state index in [0.717, 1.165) is 25.7 Å². The molecule has 1 aliphatic carbocycles. The number of rotatable bonds is 3. The van der Waals surface area contributed by atoms with Gasteiger partial charge in [0, 0.05) is 19.8 Å². The van der Waals surface area contributed by atoms with Crippen LogP contribution in [0.2, 0.25) is 0 Å². The molecule has 20 heavy (non-hydrogen) atoms. The Bertz CT molecular complexity index is 469. The lowest BCUT2D eigenvalue weighted by molar-refractivity contribution is -0.152. The molecule has 5 atom stereocenters. The Hall–Kier alpha value is -1.38. The molecule has 0 amide bonds. The minimum atomic E-state index is -0.375. The van der Waals surface area contributed by atoms with Crippen molar-refractivity contribution in [3.05, 3.63) is 12.2 Å². The van der Waals surface area contributed by atoms with E-state index in [1.165, 1.54) is 6.92 Å². The predicted octanol–water partition coefficient (Wildman–Crippen LogP) is 1.87. The van der Waals surface area contributed by atoms with Gasteiger partial charge in [0.2, 0.25) is 0 Å². The Morgan fingerprint density at radius 2 is 2.40 bits per heavy atom. The summed E-state index contributed by atoms with van der Waals surface area (Å²) in [6.07, 6.45) is 7.55. The summed E-state index contributed by atoms with van der Waals surface area (Å²) in [5, 5.41) is 8.68. The maximum atomic E-state index is 11.1. The van der Waals surface area contributed by atoms with Crippen LogP contribution >= 0.6 is 0 Å². The molecule has 0 N–H and O–H groups in total. The van der Waals surface area contributed by atoms with E-state index >= 15 is 0 Å². The smallest absolute Gasteiger partial charge is 0.303 e. The van der Waals surface area contributed by atoms with E-state index in [9.17, 15) is 4.79 Å². The van der Waals surface area contributed by atoms with Crippen LogP contribution in [0.5, 0.6) is 0 Å². The Labute approximate surface area is 118 Å². The second-order valence-electron chi connectivity index (χ2n) is 5.77. The number of ether oxygens (including phenoxy) is 3. The van der Waals surface area contributed by atoms with E-state index in [-0.39, 0.29) is 36.0 Å². The highest BCUT2D eigenvalue weighted by Crippen LogP contribution is 2.47. The molecule has 0 aromatic rings. The first-order valence-electron chi connectivity index (χ1n) is 7.20. The van der Waals surface area contributed by atoms with E-state index in [0.29, 0.717) is 6.42 Å². The lowest BCUT2D eigenvalue weighted by Gasteiger charge is -2.40. The first-order chi connectivity index (χ1) is 9.63. The summed E-state index contributed by atoms with van der Waals surface area (Å²) < 4.78 is 17.5. The Morgan fingerprint density at radius 1 is 1.55 bits per heavy atom. The second kappa shape index (κ2) is 5.19. The highest BCUT2D eigenvalue weighted by atomic mass is 16.6. The summed E-state index contributed by atoms with van der Waals surface area (Å²) in [7, 11) is 0. The SMILES string of the molecule is CC(=O)O[C@@H]1C=C[C@]23CC1OC2CCC(CCC#N)O3.